The van der Waals surface area contributed by atoms with Crippen LogP contribution in [0.4, 0.5) is 0 Å². The third kappa shape index (κ3) is 2.29. The highest BCUT2D eigenvalue weighted by molar-refractivity contribution is 6.03. The summed E-state index contributed by atoms with van der Waals surface area (Å²) in [5, 5.41) is 12.2. The van der Waals surface area contributed by atoms with Crippen LogP contribution in [0.2, 0.25) is 0 Å². The van der Waals surface area contributed by atoms with Crippen LogP contribution in [0.15, 0.2) is 77.3 Å². The van der Waals surface area contributed by atoms with Gasteiger partial charge in [0.15, 0.2) is 5.69 Å². The molecule has 26 heavy (non-hydrogen) atoms. The fourth-order valence-corrected chi connectivity index (χ4v) is 3.04. The van der Waals surface area contributed by atoms with Gasteiger partial charge in [0.1, 0.15) is 0 Å². The zero-order valence-corrected chi connectivity index (χ0v) is 13.6. The van der Waals surface area contributed by atoms with Gasteiger partial charge in [-0.15, -0.1) is 0 Å². The van der Waals surface area contributed by atoms with Crippen LogP contribution in [0.25, 0.3) is 44.6 Å². The van der Waals surface area contributed by atoms with Gasteiger partial charge in [-0.1, -0.05) is 42.5 Å². The number of aromatic nitrogens is 3. The van der Waals surface area contributed by atoms with Crippen molar-refractivity contribution < 1.29 is 9.52 Å². The summed E-state index contributed by atoms with van der Waals surface area (Å²) in [6, 6.07) is 21.1. The summed E-state index contributed by atoms with van der Waals surface area (Å²) >= 11 is 0. The molecule has 3 heterocycles. The lowest BCUT2D eigenvalue weighted by molar-refractivity contribution is 0.339. The molecule has 5 nitrogen and oxygen atoms in total. The zero-order valence-electron chi connectivity index (χ0n) is 13.6. The standard InChI is InChI=1S/C21H13N3O2/c25-21-19(24-20(26-21)15-5-2-1-3-6-15)16-11-10-14-9-8-13-7-4-12-22-17(13)18(14)23-16/h1-12,25H. The Kier molecular flexibility index (Phi) is 3.18. The summed E-state index contributed by atoms with van der Waals surface area (Å²) in [5.74, 6) is 0.111. The quantitative estimate of drug-likeness (QED) is 0.467. The number of hydrogen-bond donors (Lipinski definition) is 1. The lowest BCUT2D eigenvalue weighted by Gasteiger charge is -2.04. The molecule has 0 fully saturated rings. The molecule has 2 aromatic carbocycles. The molecule has 0 atom stereocenters. The minimum atomic E-state index is -0.246. The van der Waals surface area contributed by atoms with Gasteiger partial charge >= 0.3 is 5.95 Å². The Morgan fingerprint density at radius 2 is 1.50 bits per heavy atom. The third-order valence-electron chi connectivity index (χ3n) is 4.30. The van der Waals surface area contributed by atoms with Crippen LogP contribution in [0, 0.1) is 0 Å². The number of oxazole rings is 1. The van der Waals surface area contributed by atoms with E-state index in [0.717, 1.165) is 27.4 Å². The first-order chi connectivity index (χ1) is 12.8. The molecule has 0 saturated carbocycles. The number of nitrogens with zero attached hydrogens (tertiary/aromatic N) is 3. The maximum absolute atomic E-state index is 10.2. The van der Waals surface area contributed by atoms with Crippen LogP contribution in [0.1, 0.15) is 0 Å². The van der Waals surface area contributed by atoms with E-state index in [-0.39, 0.29) is 5.95 Å². The van der Waals surface area contributed by atoms with Gasteiger partial charge in [0.25, 0.3) is 0 Å². The van der Waals surface area contributed by atoms with Crippen molar-refractivity contribution >= 4 is 21.8 Å². The normalized spacial score (nSPS) is 11.2. The summed E-state index contributed by atoms with van der Waals surface area (Å²) in [6.07, 6.45) is 1.75. The predicted molar refractivity (Wildman–Crippen MR) is 99.6 cm³/mol. The van der Waals surface area contributed by atoms with E-state index in [1.165, 1.54) is 0 Å². The number of aromatic hydroxyl groups is 1. The van der Waals surface area contributed by atoms with Gasteiger partial charge in [-0.2, -0.15) is 0 Å². The molecule has 1 N–H and O–H groups in total. The Labute approximate surface area is 148 Å². The molecule has 5 heteroatoms. The molecule has 5 aromatic rings. The average Bonchev–Trinajstić information content (AvgIpc) is 3.10. The molecule has 0 radical (unpaired) electrons. The molecule has 0 saturated heterocycles. The number of rotatable bonds is 2. The van der Waals surface area contributed by atoms with E-state index >= 15 is 0 Å². The molecular weight excluding hydrogens is 326 g/mol. The van der Waals surface area contributed by atoms with E-state index in [9.17, 15) is 5.11 Å². The van der Waals surface area contributed by atoms with E-state index in [1.54, 1.807) is 6.20 Å². The summed E-state index contributed by atoms with van der Waals surface area (Å²) in [6.45, 7) is 0. The fraction of sp³-hybridized carbons (Fsp3) is 0. The minimum absolute atomic E-state index is 0.246. The van der Waals surface area contributed by atoms with Crippen LogP contribution in [-0.4, -0.2) is 20.1 Å². The highest BCUT2D eigenvalue weighted by Crippen LogP contribution is 2.34. The van der Waals surface area contributed by atoms with Crippen molar-refractivity contribution in [1.29, 1.82) is 0 Å². The Hall–Kier alpha value is -3.73. The van der Waals surface area contributed by atoms with Gasteiger partial charge in [-0.25, -0.2) is 9.97 Å². The van der Waals surface area contributed by atoms with Crippen molar-refractivity contribution in [2.75, 3.05) is 0 Å². The molecule has 0 aliphatic heterocycles. The lowest BCUT2D eigenvalue weighted by Crippen LogP contribution is -1.89. The van der Waals surface area contributed by atoms with E-state index in [1.807, 2.05) is 66.7 Å². The molecule has 0 amide bonds. The van der Waals surface area contributed by atoms with Crippen LogP contribution >= 0.6 is 0 Å². The van der Waals surface area contributed by atoms with Crippen molar-refractivity contribution in [2.45, 2.75) is 0 Å². The van der Waals surface area contributed by atoms with E-state index in [0.29, 0.717) is 17.3 Å². The molecule has 0 unspecified atom stereocenters. The molecule has 3 aromatic heterocycles. The average molecular weight is 339 g/mol. The molecule has 0 aliphatic rings. The maximum atomic E-state index is 10.2. The first kappa shape index (κ1) is 14.6. The van der Waals surface area contributed by atoms with Crippen LogP contribution in [0.5, 0.6) is 5.95 Å². The van der Waals surface area contributed by atoms with Crippen LogP contribution < -0.4 is 0 Å². The molecule has 5 rings (SSSR count). The van der Waals surface area contributed by atoms with Gasteiger partial charge in [0.05, 0.1) is 16.7 Å². The number of pyridine rings is 2. The predicted octanol–water partition coefficient (Wildman–Crippen LogP) is 4.81. The summed E-state index contributed by atoms with van der Waals surface area (Å²) in [4.78, 5) is 13.6. The minimum Gasteiger partial charge on any atom is -0.479 e. The molecule has 0 bridgehead atoms. The monoisotopic (exact) mass is 339 g/mol. The Balaban J connectivity index is 1.70. The summed E-state index contributed by atoms with van der Waals surface area (Å²) in [7, 11) is 0. The Morgan fingerprint density at radius 1 is 0.731 bits per heavy atom. The molecule has 0 spiro atoms. The fourth-order valence-electron chi connectivity index (χ4n) is 3.04. The number of fused-ring (bicyclic) bond motifs is 3. The first-order valence-electron chi connectivity index (χ1n) is 8.20. The first-order valence-corrected chi connectivity index (χ1v) is 8.20. The molecule has 0 aliphatic carbocycles. The SMILES string of the molecule is Oc1oc(-c2ccccc2)nc1-c1ccc2ccc3cccnc3c2n1. The van der Waals surface area contributed by atoms with Crippen molar-refractivity contribution in [3.8, 4) is 28.8 Å². The van der Waals surface area contributed by atoms with Crippen molar-refractivity contribution in [3.05, 3.63) is 72.9 Å². The number of hydrogen-bond acceptors (Lipinski definition) is 5. The topological polar surface area (TPSA) is 72.0 Å². The highest BCUT2D eigenvalue weighted by atomic mass is 16.5. The largest absolute Gasteiger partial charge is 0.479 e. The number of benzene rings is 2. The van der Waals surface area contributed by atoms with Crippen molar-refractivity contribution in [1.82, 2.24) is 15.0 Å². The second kappa shape index (κ2) is 5.67. The van der Waals surface area contributed by atoms with Gasteiger partial charge in [-0.3, -0.25) is 4.98 Å². The second-order valence-corrected chi connectivity index (χ2v) is 5.95. The van der Waals surface area contributed by atoms with Gasteiger partial charge < -0.3 is 9.52 Å². The van der Waals surface area contributed by atoms with E-state index in [4.69, 9.17) is 9.40 Å². The van der Waals surface area contributed by atoms with Gasteiger partial charge in [-0.05, 0) is 24.3 Å². The molecular formula is C21H13N3O2. The summed E-state index contributed by atoms with van der Waals surface area (Å²) in [5.41, 5.74) is 3.24. The van der Waals surface area contributed by atoms with Gasteiger partial charge in [0, 0.05) is 22.5 Å². The Bertz CT molecular complexity index is 1250. The Morgan fingerprint density at radius 3 is 2.35 bits per heavy atom. The lowest BCUT2D eigenvalue weighted by atomic mass is 10.1. The van der Waals surface area contributed by atoms with Crippen LogP contribution in [-0.2, 0) is 0 Å². The smallest absolute Gasteiger partial charge is 0.313 e. The van der Waals surface area contributed by atoms with Crippen molar-refractivity contribution in [3.63, 3.8) is 0 Å². The van der Waals surface area contributed by atoms with E-state index < -0.39 is 0 Å². The zero-order chi connectivity index (χ0) is 17.5. The summed E-state index contributed by atoms with van der Waals surface area (Å²) < 4.78 is 5.44. The van der Waals surface area contributed by atoms with Crippen LogP contribution in [0.3, 0.4) is 0 Å². The van der Waals surface area contributed by atoms with Crippen molar-refractivity contribution in [2.24, 2.45) is 0 Å². The second-order valence-electron chi connectivity index (χ2n) is 5.95. The highest BCUT2D eigenvalue weighted by Gasteiger charge is 2.17. The van der Waals surface area contributed by atoms with E-state index in [2.05, 4.69) is 9.97 Å². The van der Waals surface area contributed by atoms with Gasteiger partial charge in [0.2, 0.25) is 5.89 Å². The third-order valence-corrected chi connectivity index (χ3v) is 4.30. The molecule has 124 valence electrons. The maximum Gasteiger partial charge on any atom is 0.313 e.